The molecule has 1 aromatic rings. The van der Waals surface area contributed by atoms with Gasteiger partial charge < -0.3 is 10.2 Å². The number of halogens is 1. The van der Waals surface area contributed by atoms with E-state index in [1.54, 1.807) is 0 Å². The fourth-order valence-electron chi connectivity index (χ4n) is 2.26. The zero-order valence-corrected chi connectivity index (χ0v) is 10.2. The quantitative estimate of drug-likeness (QED) is 0.663. The van der Waals surface area contributed by atoms with Crippen molar-refractivity contribution in [3.8, 4) is 0 Å². The van der Waals surface area contributed by atoms with Gasteiger partial charge in [-0.25, -0.2) is 0 Å². The van der Waals surface area contributed by atoms with Crippen LogP contribution in [0.1, 0.15) is 12.8 Å². The topological polar surface area (TPSA) is 58.4 Å². The van der Waals surface area contributed by atoms with Crippen molar-refractivity contribution in [2.45, 2.75) is 18.9 Å². The lowest BCUT2D eigenvalue weighted by molar-refractivity contribution is -0.387. The van der Waals surface area contributed by atoms with E-state index >= 15 is 0 Å². The van der Waals surface area contributed by atoms with Crippen LogP contribution in [0, 0.1) is 15.9 Å². The van der Waals surface area contributed by atoms with Crippen LogP contribution >= 0.6 is 0 Å². The molecule has 0 bridgehead atoms. The Morgan fingerprint density at radius 3 is 3.00 bits per heavy atom. The lowest BCUT2D eigenvalue weighted by Gasteiger charge is -2.30. The summed E-state index contributed by atoms with van der Waals surface area (Å²) in [5.41, 5.74) is 0.118. The number of hydrogen-bond donors (Lipinski definition) is 1. The summed E-state index contributed by atoms with van der Waals surface area (Å²) in [5.74, 6) is -0.800. The molecule has 0 spiro atoms. The van der Waals surface area contributed by atoms with Crippen molar-refractivity contribution >= 4 is 11.4 Å². The van der Waals surface area contributed by atoms with Gasteiger partial charge in [0, 0.05) is 24.3 Å². The fraction of sp³-hybridized carbons (Fsp3) is 0.500. The van der Waals surface area contributed by atoms with Gasteiger partial charge in [0.05, 0.1) is 4.92 Å². The van der Waals surface area contributed by atoms with Crippen LogP contribution in [0.4, 0.5) is 15.8 Å². The predicted octanol–water partition coefficient (Wildman–Crippen LogP) is 2.24. The normalized spacial score (nSPS) is 20.7. The molecule has 1 fully saturated rings. The maximum atomic E-state index is 13.2. The van der Waals surface area contributed by atoms with Crippen LogP contribution in [0.25, 0.3) is 0 Å². The third-order valence-corrected chi connectivity index (χ3v) is 3.14. The molecule has 1 unspecified atom stereocenters. The first-order chi connectivity index (χ1) is 8.56. The molecular formula is C12H16FN3O2. The Kier molecular flexibility index (Phi) is 3.76. The zero-order valence-electron chi connectivity index (χ0n) is 10.2. The lowest BCUT2D eigenvalue weighted by atomic mass is 10.1. The molecule has 2 rings (SSSR count). The molecule has 0 aromatic heterocycles. The highest BCUT2D eigenvalue weighted by Gasteiger charge is 2.19. The van der Waals surface area contributed by atoms with Gasteiger partial charge in [0.2, 0.25) is 5.82 Å². The van der Waals surface area contributed by atoms with E-state index in [1.807, 2.05) is 7.05 Å². The van der Waals surface area contributed by atoms with Crippen molar-refractivity contribution in [1.82, 2.24) is 4.90 Å². The number of nitro groups is 1. The Morgan fingerprint density at radius 2 is 2.33 bits per heavy atom. The third kappa shape index (κ3) is 2.95. The zero-order chi connectivity index (χ0) is 13.1. The number of piperidine rings is 1. The number of rotatable bonds is 3. The first-order valence-electron chi connectivity index (χ1n) is 5.95. The Bertz CT molecular complexity index is 453. The van der Waals surface area contributed by atoms with Crippen LogP contribution in [-0.2, 0) is 0 Å². The van der Waals surface area contributed by atoms with Crippen LogP contribution in [-0.4, -0.2) is 36.0 Å². The van der Waals surface area contributed by atoms with Gasteiger partial charge in [-0.3, -0.25) is 10.1 Å². The van der Waals surface area contributed by atoms with E-state index in [9.17, 15) is 14.5 Å². The smallest absolute Gasteiger partial charge is 0.306 e. The van der Waals surface area contributed by atoms with Gasteiger partial charge in [0.1, 0.15) is 0 Å². The molecule has 0 saturated carbocycles. The van der Waals surface area contributed by atoms with Crippen molar-refractivity contribution in [3.05, 3.63) is 34.1 Å². The van der Waals surface area contributed by atoms with E-state index < -0.39 is 16.4 Å². The first kappa shape index (κ1) is 12.8. The second-order valence-electron chi connectivity index (χ2n) is 4.67. The highest BCUT2D eigenvalue weighted by Crippen LogP contribution is 2.23. The van der Waals surface area contributed by atoms with Crippen molar-refractivity contribution in [3.63, 3.8) is 0 Å². The summed E-state index contributed by atoms with van der Waals surface area (Å²) < 4.78 is 13.2. The van der Waals surface area contributed by atoms with Crippen LogP contribution in [0.5, 0.6) is 0 Å². The summed E-state index contributed by atoms with van der Waals surface area (Å²) >= 11 is 0. The van der Waals surface area contributed by atoms with Gasteiger partial charge in [0.25, 0.3) is 0 Å². The fourth-order valence-corrected chi connectivity index (χ4v) is 2.26. The van der Waals surface area contributed by atoms with Gasteiger partial charge in [0.15, 0.2) is 0 Å². The molecule has 18 heavy (non-hydrogen) atoms. The standard InChI is InChI=1S/C12H16FN3O2/c1-15-6-2-3-10(8-15)14-9-4-5-11(13)12(7-9)16(17)18/h4-5,7,10,14H,2-3,6,8H2,1H3. The Balaban J connectivity index is 2.09. The van der Waals surface area contributed by atoms with E-state index in [2.05, 4.69) is 10.2 Å². The second kappa shape index (κ2) is 5.30. The monoisotopic (exact) mass is 253 g/mol. The molecule has 1 aliphatic rings. The van der Waals surface area contributed by atoms with Crippen molar-refractivity contribution < 1.29 is 9.31 Å². The number of anilines is 1. The Hall–Kier alpha value is -1.69. The van der Waals surface area contributed by atoms with E-state index in [1.165, 1.54) is 12.1 Å². The highest BCUT2D eigenvalue weighted by molar-refractivity contribution is 5.52. The number of likely N-dealkylation sites (N-methyl/N-ethyl adjacent to an activating group) is 1. The van der Waals surface area contributed by atoms with E-state index in [0.717, 1.165) is 32.0 Å². The summed E-state index contributed by atoms with van der Waals surface area (Å²) in [4.78, 5) is 12.2. The molecule has 1 atom stereocenters. The number of nitro benzene ring substituents is 1. The van der Waals surface area contributed by atoms with Gasteiger partial charge in [-0.1, -0.05) is 0 Å². The average molecular weight is 253 g/mol. The number of nitrogens with zero attached hydrogens (tertiary/aromatic N) is 2. The maximum absolute atomic E-state index is 13.2. The highest BCUT2D eigenvalue weighted by atomic mass is 19.1. The summed E-state index contributed by atoms with van der Waals surface area (Å²) in [6.07, 6.45) is 2.12. The SMILES string of the molecule is CN1CCCC(Nc2ccc(F)c([N+](=O)[O-])c2)C1. The number of nitrogens with one attached hydrogen (secondary N) is 1. The predicted molar refractivity (Wildman–Crippen MR) is 67.2 cm³/mol. The molecule has 1 aliphatic heterocycles. The average Bonchev–Trinajstić information content (AvgIpc) is 2.31. The molecule has 1 heterocycles. The first-order valence-corrected chi connectivity index (χ1v) is 5.95. The molecule has 0 aliphatic carbocycles. The van der Waals surface area contributed by atoms with Gasteiger partial charge in [-0.2, -0.15) is 4.39 Å². The minimum atomic E-state index is -0.800. The van der Waals surface area contributed by atoms with Crippen molar-refractivity contribution in [2.75, 3.05) is 25.5 Å². The lowest BCUT2D eigenvalue weighted by Crippen LogP contribution is -2.39. The van der Waals surface area contributed by atoms with Gasteiger partial charge in [-0.05, 0) is 38.6 Å². The summed E-state index contributed by atoms with van der Waals surface area (Å²) in [5, 5.41) is 13.9. The minimum Gasteiger partial charge on any atom is -0.381 e. The van der Waals surface area contributed by atoms with Crippen molar-refractivity contribution in [1.29, 1.82) is 0 Å². The Morgan fingerprint density at radius 1 is 1.56 bits per heavy atom. The molecular weight excluding hydrogens is 237 g/mol. The van der Waals surface area contributed by atoms with Crippen LogP contribution < -0.4 is 5.32 Å². The van der Waals surface area contributed by atoms with Crippen LogP contribution in [0.15, 0.2) is 18.2 Å². The van der Waals surface area contributed by atoms with Crippen molar-refractivity contribution in [2.24, 2.45) is 0 Å². The number of hydrogen-bond acceptors (Lipinski definition) is 4. The summed E-state index contributed by atoms with van der Waals surface area (Å²) in [6.45, 7) is 1.97. The number of likely N-dealkylation sites (tertiary alicyclic amines) is 1. The maximum Gasteiger partial charge on any atom is 0.306 e. The minimum absolute atomic E-state index is 0.258. The molecule has 5 nitrogen and oxygen atoms in total. The molecule has 6 heteroatoms. The molecule has 98 valence electrons. The molecule has 1 N–H and O–H groups in total. The van der Waals surface area contributed by atoms with E-state index in [-0.39, 0.29) is 6.04 Å². The Labute approximate surface area is 105 Å². The summed E-state index contributed by atoms with van der Waals surface area (Å²) in [6, 6.07) is 4.18. The molecule has 0 amide bonds. The molecule has 1 aromatic carbocycles. The van der Waals surface area contributed by atoms with E-state index in [0.29, 0.717) is 5.69 Å². The van der Waals surface area contributed by atoms with Crippen LogP contribution in [0.3, 0.4) is 0 Å². The molecule has 0 radical (unpaired) electrons. The largest absolute Gasteiger partial charge is 0.381 e. The second-order valence-corrected chi connectivity index (χ2v) is 4.67. The van der Waals surface area contributed by atoms with Gasteiger partial charge >= 0.3 is 5.69 Å². The number of benzene rings is 1. The van der Waals surface area contributed by atoms with E-state index in [4.69, 9.17) is 0 Å². The molecule has 1 saturated heterocycles. The van der Waals surface area contributed by atoms with Crippen LogP contribution in [0.2, 0.25) is 0 Å². The summed E-state index contributed by atoms with van der Waals surface area (Å²) in [7, 11) is 2.04. The third-order valence-electron chi connectivity index (χ3n) is 3.14. The van der Waals surface area contributed by atoms with Gasteiger partial charge in [-0.15, -0.1) is 0 Å².